The first-order valence-electron chi connectivity index (χ1n) is 11.1. The van der Waals surface area contributed by atoms with Crippen molar-refractivity contribution in [2.45, 2.75) is 25.2 Å². The van der Waals surface area contributed by atoms with E-state index in [1.807, 2.05) is 42.8 Å². The molecule has 8 nitrogen and oxygen atoms in total. The molecule has 0 aliphatic carbocycles. The molecule has 1 aliphatic heterocycles. The summed E-state index contributed by atoms with van der Waals surface area (Å²) in [6.07, 6.45) is 2.47. The number of benzene rings is 2. The molecule has 2 aromatic carbocycles. The average Bonchev–Trinajstić information content (AvgIpc) is 3.07. The van der Waals surface area contributed by atoms with Crippen LogP contribution in [0.2, 0.25) is 5.02 Å². The molecule has 5 rings (SSSR count). The van der Waals surface area contributed by atoms with Gasteiger partial charge in [0.05, 0.1) is 22.2 Å². The zero-order chi connectivity index (χ0) is 23.9. The summed E-state index contributed by atoms with van der Waals surface area (Å²) in [5.41, 5.74) is 2.84. The molecule has 0 saturated carbocycles. The fourth-order valence-corrected chi connectivity index (χ4v) is 5.81. The summed E-state index contributed by atoms with van der Waals surface area (Å²) in [6.45, 7) is 5.93. The van der Waals surface area contributed by atoms with Crippen LogP contribution in [0.1, 0.15) is 17.8 Å². The molecule has 1 aliphatic rings. The number of fused-ring (bicyclic) bond motifs is 1. The summed E-state index contributed by atoms with van der Waals surface area (Å²) in [6, 6.07) is 14.4. The normalized spacial score (nSPS) is 15.6. The van der Waals surface area contributed by atoms with Crippen LogP contribution in [0.4, 0.5) is 5.82 Å². The quantitative estimate of drug-likeness (QED) is 0.425. The van der Waals surface area contributed by atoms with Crippen molar-refractivity contribution in [2.24, 2.45) is 0 Å². The summed E-state index contributed by atoms with van der Waals surface area (Å²) in [7, 11) is -3.60. The summed E-state index contributed by atoms with van der Waals surface area (Å²) in [4.78, 5) is 11.8. The second-order valence-electron chi connectivity index (χ2n) is 8.42. The van der Waals surface area contributed by atoms with Crippen molar-refractivity contribution in [3.63, 3.8) is 0 Å². The molecule has 0 bridgehead atoms. The Bertz CT molecular complexity index is 1440. The van der Waals surface area contributed by atoms with Crippen LogP contribution in [0, 0.1) is 13.8 Å². The molecule has 0 spiro atoms. The van der Waals surface area contributed by atoms with E-state index in [1.54, 1.807) is 30.5 Å². The first-order chi connectivity index (χ1) is 16.3. The fourth-order valence-electron chi connectivity index (χ4n) is 4.22. The number of anilines is 1. The van der Waals surface area contributed by atoms with E-state index in [0.717, 1.165) is 22.5 Å². The molecule has 2 aromatic heterocycles. The van der Waals surface area contributed by atoms with Crippen LogP contribution < -0.4 is 4.90 Å². The van der Waals surface area contributed by atoms with E-state index in [1.165, 1.54) is 9.87 Å². The average molecular weight is 497 g/mol. The van der Waals surface area contributed by atoms with E-state index < -0.39 is 10.0 Å². The molecular formula is C24H25ClN6O2S. The molecule has 1 fully saturated rings. The minimum atomic E-state index is -3.60. The van der Waals surface area contributed by atoms with Gasteiger partial charge in [0, 0.05) is 31.2 Å². The Morgan fingerprint density at radius 2 is 1.62 bits per heavy atom. The Morgan fingerprint density at radius 1 is 0.882 bits per heavy atom. The topological polar surface area (TPSA) is 84.2 Å². The van der Waals surface area contributed by atoms with Gasteiger partial charge in [-0.25, -0.2) is 23.1 Å². The molecule has 0 atom stereocenters. The van der Waals surface area contributed by atoms with E-state index in [-0.39, 0.29) is 4.90 Å². The van der Waals surface area contributed by atoms with Crippen LogP contribution in [-0.2, 0) is 10.0 Å². The second kappa shape index (κ2) is 8.98. The summed E-state index contributed by atoms with van der Waals surface area (Å²) < 4.78 is 29.7. The lowest BCUT2D eigenvalue weighted by molar-refractivity contribution is 0.433. The maximum absolute atomic E-state index is 13.2. The zero-order valence-corrected chi connectivity index (χ0v) is 20.6. The van der Waals surface area contributed by atoms with Crippen molar-refractivity contribution in [3.05, 3.63) is 71.1 Å². The highest BCUT2D eigenvalue weighted by Crippen LogP contribution is 2.28. The van der Waals surface area contributed by atoms with E-state index in [2.05, 4.69) is 15.0 Å². The first-order valence-corrected chi connectivity index (χ1v) is 12.9. The molecular weight excluding hydrogens is 472 g/mol. The van der Waals surface area contributed by atoms with Crippen molar-refractivity contribution < 1.29 is 8.42 Å². The minimum absolute atomic E-state index is 0.255. The minimum Gasteiger partial charge on any atom is -0.355 e. The number of hydrogen-bond acceptors (Lipinski definition) is 6. The predicted molar refractivity (Wildman–Crippen MR) is 133 cm³/mol. The summed E-state index contributed by atoms with van der Waals surface area (Å²) in [5, 5.41) is 5.94. The number of rotatable bonds is 4. The number of halogens is 1. The van der Waals surface area contributed by atoms with Crippen LogP contribution in [0.15, 0.2) is 59.6 Å². The number of aryl methyl sites for hydroxylation is 2. The Hall–Kier alpha value is -3.01. The van der Waals surface area contributed by atoms with Gasteiger partial charge >= 0.3 is 0 Å². The molecule has 4 aromatic rings. The number of hydrogen-bond donors (Lipinski definition) is 0. The third-order valence-electron chi connectivity index (χ3n) is 6.00. The molecule has 0 radical (unpaired) electrons. The van der Waals surface area contributed by atoms with Gasteiger partial charge in [-0.05, 0) is 56.7 Å². The summed E-state index contributed by atoms with van der Waals surface area (Å²) in [5.74, 6) is 1.43. The van der Waals surface area contributed by atoms with Crippen molar-refractivity contribution in [2.75, 3.05) is 31.1 Å². The van der Waals surface area contributed by atoms with Gasteiger partial charge in [-0.1, -0.05) is 29.3 Å². The molecule has 176 valence electrons. The van der Waals surface area contributed by atoms with Crippen LogP contribution in [0.3, 0.4) is 0 Å². The van der Waals surface area contributed by atoms with Gasteiger partial charge in [-0.15, -0.1) is 0 Å². The highest BCUT2D eigenvalue weighted by Gasteiger charge is 2.28. The molecule has 0 amide bonds. The first kappa shape index (κ1) is 22.8. The maximum Gasteiger partial charge on any atom is 0.243 e. The van der Waals surface area contributed by atoms with Crippen LogP contribution in [0.25, 0.3) is 16.7 Å². The summed E-state index contributed by atoms with van der Waals surface area (Å²) >= 11 is 5.93. The van der Waals surface area contributed by atoms with Crippen LogP contribution in [0.5, 0.6) is 0 Å². The Kier molecular flexibility index (Phi) is 6.01. The van der Waals surface area contributed by atoms with E-state index >= 15 is 0 Å². The molecule has 0 N–H and O–H groups in total. The number of nitrogens with zero attached hydrogens (tertiary/aromatic N) is 6. The van der Waals surface area contributed by atoms with Gasteiger partial charge in [0.2, 0.25) is 10.0 Å². The number of aromatic nitrogens is 4. The second-order valence-corrected chi connectivity index (χ2v) is 10.8. The van der Waals surface area contributed by atoms with Crippen molar-refractivity contribution in [1.82, 2.24) is 24.1 Å². The number of sulfonamides is 1. The Morgan fingerprint density at radius 3 is 2.35 bits per heavy atom. The predicted octanol–water partition coefficient (Wildman–Crippen LogP) is 3.99. The van der Waals surface area contributed by atoms with Gasteiger partial charge in [0.15, 0.2) is 5.65 Å². The lowest BCUT2D eigenvalue weighted by atomic mass is 10.2. The highest BCUT2D eigenvalue weighted by molar-refractivity contribution is 7.89. The van der Waals surface area contributed by atoms with Gasteiger partial charge in [0.25, 0.3) is 0 Å². The van der Waals surface area contributed by atoms with E-state index in [9.17, 15) is 8.42 Å². The molecule has 0 unspecified atom stereocenters. The maximum atomic E-state index is 13.2. The Labute approximate surface area is 203 Å². The zero-order valence-electron chi connectivity index (χ0n) is 19.0. The standard InChI is InChI=1S/C24H25ClN6O2S/c1-17-4-8-20(9-5-17)31-24-22(16-26-31)23(27-18(2)28-24)29-12-3-13-30(15-14-29)34(32,33)21-10-6-19(25)7-11-21/h4-11,16H,3,12-15H2,1-2H3. The lowest BCUT2D eigenvalue weighted by Gasteiger charge is -2.23. The van der Waals surface area contributed by atoms with Crippen LogP contribution >= 0.6 is 11.6 Å². The monoisotopic (exact) mass is 496 g/mol. The highest BCUT2D eigenvalue weighted by atomic mass is 35.5. The Balaban J connectivity index is 1.44. The molecule has 10 heteroatoms. The van der Waals surface area contributed by atoms with E-state index in [4.69, 9.17) is 16.6 Å². The van der Waals surface area contributed by atoms with Crippen LogP contribution in [-0.4, -0.2) is 58.7 Å². The third-order valence-corrected chi connectivity index (χ3v) is 8.17. The van der Waals surface area contributed by atoms with Crippen molar-refractivity contribution in [1.29, 1.82) is 0 Å². The fraction of sp³-hybridized carbons (Fsp3) is 0.292. The molecule has 34 heavy (non-hydrogen) atoms. The van der Waals surface area contributed by atoms with Gasteiger partial charge in [0.1, 0.15) is 11.6 Å². The van der Waals surface area contributed by atoms with Gasteiger partial charge in [-0.2, -0.15) is 9.40 Å². The van der Waals surface area contributed by atoms with Crippen molar-refractivity contribution in [3.8, 4) is 5.69 Å². The van der Waals surface area contributed by atoms with E-state index in [0.29, 0.717) is 43.4 Å². The lowest BCUT2D eigenvalue weighted by Crippen LogP contribution is -2.35. The van der Waals surface area contributed by atoms with Gasteiger partial charge in [-0.3, -0.25) is 0 Å². The van der Waals surface area contributed by atoms with Gasteiger partial charge < -0.3 is 4.90 Å². The van der Waals surface area contributed by atoms with Crippen molar-refractivity contribution >= 4 is 38.5 Å². The SMILES string of the molecule is Cc1ccc(-n2ncc3c(N4CCCN(S(=O)(=O)c5ccc(Cl)cc5)CC4)nc(C)nc32)cc1. The third kappa shape index (κ3) is 4.26. The molecule has 1 saturated heterocycles. The smallest absolute Gasteiger partial charge is 0.243 e. The largest absolute Gasteiger partial charge is 0.355 e. The molecule has 3 heterocycles.